The highest BCUT2D eigenvalue weighted by atomic mass is 14.9. The summed E-state index contributed by atoms with van der Waals surface area (Å²) in [5.41, 5.74) is 2.38. The Morgan fingerprint density at radius 3 is 3.00 bits per heavy atom. The van der Waals surface area contributed by atoms with Crippen LogP contribution in [0.4, 0.5) is 0 Å². The van der Waals surface area contributed by atoms with Gasteiger partial charge >= 0.3 is 0 Å². The number of hydrogen-bond acceptors (Lipinski definition) is 1. The number of rotatable bonds is 0. The topological polar surface area (TPSA) is 12.4 Å². The van der Waals surface area contributed by atoms with E-state index in [4.69, 9.17) is 0 Å². The van der Waals surface area contributed by atoms with Crippen LogP contribution in [0.25, 0.3) is 0 Å². The van der Waals surface area contributed by atoms with Gasteiger partial charge in [-0.15, -0.1) is 0 Å². The van der Waals surface area contributed by atoms with Crippen LogP contribution < -0.4 is 0 Å². The molecule has 0 bridgehead atoms. The lowest BCUT2D eigenvalue weighted by atomic mass is 9.76. The molecule has 1 spiro atoms. The maximum atomic E-state index is 4.65. The molecule has 2 aliphatic carbocycles. The monoisotopic (exact) mass is 181 g/mol. The van der Waals surface area contributed by atoms with Crippen molar-refractivity contribution in [2.75, 3.05) is 0 Å². The maximum Gasteiger partial charge on any atom is 0.128 e. The van der Waals surface area contributed by atoms with E-state index in [1.807, 2.05) is 6.21 Å². The molecular formula is C13H11N. The Bertz CT molecular complexity index is 444. The molecule has 0 aromatic heterocycles. The van der Waals surface area contributed by atoms with Crippen molar-refractivity contribution < 1.29 is 0 Å². The van der Waals surface area contributed by atoms with Crippen LogP contribution in [0.1, 0.15) is 6.42 Å². The van der Waals surface area contributed by atoms with E-state index < -0.39 is 0 Å². The quantitative estimate of drug-likeness (QED) is 0.545. The molecule has 0 aromatic rings. The first-order valence-corrected chi connectivity index (χ1v) is 4.91. The fourth-order valence-corrected chi connectivity index (χ4v) is 2.20. The summed E-state index contributed by atoms with van der Waals surface area (Å²) >= 11 is 0. The zero-order valence-electron chi connectivity index (χ0n) is 7.85. The molecule has 1 nitrogen and oxygen atoms in total. The minimum Gasteiger partial charge on any atom is -0.277 e. The first-order valence-electron chi connectivity index (χ1n) is 4.91. The van der Waals surface area contributed by atoms with Crippen molar-refractivity contribution >= 4 is 6.21 Å². The van der Waals surface area contributed by atoms with Crippen LogP contribution in [0.3, 0.4) is 0 Å². The van der Waals surface area contributed by atoms with E-state index in [1.54, 1.807) is 0 Å². The Morgan fingerprint density at radius 1 is 1.07 bits per heavy atom. The van der Waals surface area contributed by atoms with Crippen LogP contribution in [0.15, 0.2) is 64.7 Å². The molecule has 0 aromatic carbocycles. The highest BCUT2D eigenvalue weighted by Crippen LogP contribution is 2.39. The van der Waals surface area contributed by atoms with Crippen LogP contribution in [0, 0.1) is 0 Å². The smallest absolute Gasteiger partial charge is 0.128 e. The summed E-state index contributed by atoms with van der Waals surface area (Å²) in [6.45, 7) is 0. The second-order valence-corrected chi connectivity index (χ2v) is 3.67. The van der Waals surface area contributed by atoms with Gasteiger partial charge in [-0.1, -0.05) is 42.5 Å². The Hall–Kier alpha value is -1.63. The standard InChI is InChI=1S/C13H11N/c1-2-9-13-11(5-1)6-3-7-12(13)8-4-10-14-13/h1-3,5-10H,4H2. The Balaban J connectivity index is 2.24. The number of dihydropyridines is 1. The number of allylic oxidation sites excluding steroid dienone is 5. The van der Waals surface area contributed by atoms with E-state index >= 15 is 0 Å². The van der Waals surface area contributed by atoms with Crippen molar-refractivity contribution in [2.45, 2.75) is 12.0 Å². The van der Waals surface area contributed by atoms with Gasteiger partial charge in [0.25, 0.3) is 0 Å². The average Bonchev–Trinajstić information content (AvgIpc) is 2.26. The summed E-state index contributed by atoms with van der Waals surface area (Å²) < 4.78 is 0. The third kappa shape index (κ3) is 0.869. The van der Waals surface area contributed by atoms with Gasteiger partial charge in [0.2, 0.25) is 0 Å². The van der Waals surface area contributed by atoms with Crippen molar-refractivity contribution in [3.8, 4) is 0 Å². The summed E-state index contributed by atoms with van der Waals surface area (Å²) in [4.78, 5) is 4.65. The third-order valence-corrected chi connectivity index (χ3v) is 2.89. The van der Waals surface area contributed by atoms with Gasteiger partial charge in [-0.25, -0.2) is 0 Å². The van der Waals surface area contributed by atoms with Gasteiger partial charge in [-0.2, -0.15) is 0 Å². The molecule has 68 valence electrons. The van der Waals surface area contributed by atoms with Crippen LogP contribution in [-0.4, -0.2) is 11.8 Å². The van der Waals surface area contributed by atoms with E-state index in [0.717, 1.165) is 6.42 Å². The first-order chi connectivity index (χ1) is 6.92. The van der Waals surface area contributed by atoms with E-state index in [9.17, 15) is 0 Å². The van der Waals surface area contributed by atoms with Crippen molar-refractivity contribution in [3.63, 3.8) is 0 Å². The molecular weight excluding hydrogens is 170 g/mol. The molecule has 3 rings (SSSR count). The van der Waals surface area contributed by atoms with E-state index in [0.29, 0.717) is 0 Å². The summed E-state index contributed by atoms with van der Waals surface area (Å²) in [7, 11) is 0. The Morgan fingerprint density at radius 2 is 2.00 bits per heavy atom. The van der Waals surface area contributed by atoms with Gasteiger partial charge in [0.05, 0.1) is 0 Å². The SMILES string of the molecule is C1=CC2=CC=CC3=CCC=NC23C=C1. The molecule has 0 amide bonds. The lowest BCUT2D eigenvalue weighted by molar-refractivity contribution is 0.734. The van der Waals surface area contributed by atoms with Crippen LogP contribution in [0.5, 0.6) is 0 Å². The van der Waals surface area contributed by atoms with Crippen LogP contribution >= 0.6 is 0 Å². The third-order valence-electron chi connectivity index (χ3n) is 2.89. The summed E-state index contributed by atoms with van der Waals surface area (Å²) in [6.07, 6.45) is 20.0. The maximum absolute atomic E-state index is 4.65. The van der Waals surface area contributed by atoms with E-state index in [2.05, 4.69) is 53.6 Å². The van der Waals surface area contributed by atoms with Gasteiger partial charge in [0.1, 0.15) is 5.54 Å². The molecule has 0 fully saturated rings. The second kappa shape index (κ2) is 2.68. The van der Waals surface area contributed by atoms with E-state index in [1.165, 1.54) is 11.1 Å². The number of aliphatic imine (C=N–C) groups is 1. The number of hydrogen-bond donors (Lipinski definition) is 0. The second-order valence-electron chi connectivity index (χ2n) is 3.67. The van der Waals surface area contributed by atoms with Gasteiger partial charge in [0.15, 0.2) is 0 Å². The minimum atomic E-state index is -0.193. The molecule has 0 saturated heterocycles. The molecule has 1 aliphatic heterocycles. The zero-order valence-corrected chi connectivity index (χ0v) is 7.85. The average molecular weight is 181 g/mol. The molecule has 1 heteroatoms. The molecule has 1 unspecified atom stereocenters. The molecule has 0 radical (unpaired) electrons. The predicted molar refractivity (Wildman–Crippen MR) is 59.4 cm³/mol. The fourth-order valence-electron chi connectivity index (χ4n) is 2.20. The van der Waals surface area contributed by atoms with Crippen LogP contribution in [0.2, 0.25) is 0 Å². The van der Waals surface area contributed by atoms with Gasteiger partial charge in [-0.05, 0) is 17.2 Å². The molecule has 0 saturated carbocycles. The van der Waals surface area contributed by atoms with Crippen molar-refractivity contribution in [2.24, 2.45) is 4.99 Å². The molecule has 1 heterocycles. The predicted octanol–water partition coefficient (Wildman–Crippen LogP) is 2.75. The fraction of sp³-hybridized carbons (Fsp3) is 0.154. The Kier molecular flexibility index (Phi) is 1.48. The van der Waals surface area contributed by atoms with Crippen molar-refractivity contribution in [1.82, 2.24) is 0 Å². The van der Waals surface area contributed by atoms with Gasteiger partial charge in [0, 0.05) is 12.6 Å². The van der Waals surface area contributed by atoms with Crippen LogP contribution in [-0.2, 0) is 0 Å². The van der Waals surface area contributed by atoms with Crippen molar-refractivity contribution in [3.05, 3.63) is 59.8 Å². The Labute approximate surface area is 83.5 Å². The summed E-state index contributed by atoms with van der Waals surface area (Å²) in [5.74, 6) is 0. The largest absolute Gasteiger partial charge is 0.277 e. The lowest BCUT2D eigenvalue weighted by Gasteiger charge is -2.35. The molecule has 14 heavy (non-hydrogen) atoms. The zero-order chi connectivity index (χ0) is 9.43. The number of nitrogens with zero attached hydrogens (tertiary/aromatic N) is 1. The summed E-state index contributed by atoms with van der Waals surface area (Å²) in [5, 5.41) is 0. The molecule has 1 atom stereocenters. The van der Waals surface area contributed by atoms with Gasteiger partial charge < -0.3 is 0 Å². The first kappa shape index (κ1) is 7.74. The highest BCUT2D eigenvalue weighted by Gasteiger charge is 2.35. The van der Waals surface area contributed by atoms with Crippen molar-refractivity contribution in [1.29, 1.82) is 0 Å². The molecule has 0 N–H and O–H groups in total. The summed E-state index contributed by atoms with van der Waals surface area (Å²) in [6, 6.07) is 0. The molecule has 3 aliphatic rings. The van der Waals surface area contributed by atoms with Gasteiger partial charge in [-0.3, -0.25) is 4.99 Å². The minimum absolute atomic E-state index is 0.193. The lowest BCUT2D eigenvalue weighted by Crippen LogP contribution is -2.32. The normalized spacial score (nSPS) is 32.0. The highest BCUT2D eigenvalue weighted by molar-refractivity contribution is 5.71. The van der Waals surface area contributed by atoms with E-state index in [-0.39, 0.29) is 5.54 Å².